The highest BCUT2D eigenvalue weighted by molar-refractivity contribution is 7.99. The van der Waals surface area contributed by atoms with Crippen molar-refractivity contribution in [1.82, 2.24) is 5.32 Å². The molecule has 2 amide bonds. The van der Waals surface area contributed by atoms with Crippen LogP contribution in [-0.2, 0) is 17.1 Å². The van der Waals surface area contributed by atoms with Crippen molar-refractivity contribution in [3.8, 4) is 0 Å². The van der Waals surface area contributed by atoms with Crippen molar-refractivity contribution in [3.63, 3.8) is 0 Å². The second kappa shape index (κ2) is 10.7. The maximum Gasteiger partial charge on any atom is 0.255 e. The van der Waals surface area contributed by atoms with Crippen LogP contribution in [0.25, 0.3) is 0 Å². The normalized spacial score (nSPS) is 10.4. The molecule has 148 valence electrons. The van der Waals surface area contributed by atoms with Gasteiger partial charge in [0.15, 0.2) is 0 Å². The standard InChI is InChI=1S/C23H21ClN2O2S/c24-20-11-9-17(10-12-20)15-29-16-22(27)25-14-18-5-4-6-19(13-18)23(28)26-21-7-2-1-3-8-21/h1-13H,14-16H2,(H,25,27)(H,26,28). The van der Waals surface area contributed by atoms with E-state index in [-0.39, 0.29) is 11.8 Å². The maximum absolute atomic E-state index is 12.4. The minimum Gasteiger partial charge on any atom is -0.351 e. The van der Waals surface area contributed by atoms with Crippen LogP contribution in [0.3, 0.4) is 0 Å². The highest BCUT2D eigenvalue weighted by Crippen LogP contribution is 2.15. The predicted molar refractivity (Wildman–Crippen MR) is 120 cm³/mol. The van der Waals surface area contributed by atoms with E-state index in [9.17, 15) is 9.59 Å². The number of thioether (sulfide) groups is 1. The van der Waals surface area contributed by atoms with Crippen LogP contribution >= 0.6 is 23.4 Å². The first-order valence-corrected chi connectivity index (χ1v) is 10.7. The largest absolute Gasteiger partial charge is 0.351 e. The number of amides is 2. The van der Waals surface area contributed by atoms with Gasteiger partial charge >= 0.3 is 0 Å². The highest BCUT2D eigenvalue weighted by Gasteiger charge is 2.08. The molecule has 0 aliphatic carbocycles. The number of carbonyl (C=O) groups excluding carboxylic acids is 2. The van der Waals surface area contributed by atoms with Crippen molar-refractivity contribution >= 4 is 40.9 Å². The van der Waals surface area contributed by atoms with Crippen LogP contribution in [0.4, 0.5) is 5.69 Å². The van der Waals surface area contributed by atoms with E-state index in [2.05, 4.69) is 10.6 Å². The van der Waals surface area contributed by atoms with Crippen LogP contribution < -0.4 is 10.6 Å². The summed E-state index contributed by atoms with van der Waals surface area (Å²) in [5.74, 6) is 0.905. The molecule has 0 spiro atoms. The molecule has 0 heterocycles. The van der Waals surface area contributed by atoms with Gasteiger partial charge in [-0.2, -0.15) is 0 Å². The first-order chi connectivity index (χ1) is 14.1. The quantitative estimate of drug-likeness (QED) is 0.526. The van der Waals surface area contributed by atoms with Crippen molar-refractivity contribution in [2.75, 3.05) is 11.1 Å². The van der Waals surface area contributed by atoms with Gasteiger partial charge in [-0.3, -0.25) is 9.59 Å². The Morgan fingerprint density at radius 3 is 2.38 bits per heavy atom. The second-order valence-electron chi connectivity index (χ2n) is 6.42. The molecule has 0 aliphatic heterocycles. The summed E-state index contributed by atoms with van der Waals surface area (Å²) in [6.07, 6.45) is 0. The maximum atomic E-state index is 12.4. The summed E-state index contributed by atoms with van der Waals surface area (Å²) in [5, 5.41) is 6.46. The van der Waals surface area contributed by atoms with Crippen LogP contribution in [0.15, 0.2) is 78.9 Å². The number of carbonyl (C=O) groups is 2. The van der Waals surface area contributed by atoms with Crippen molar-refractivity contribution in [3.05, 3.63) is 101 Å². The molecule has 0 aliphatic rings. The van der Waals surface area contributed by atoms with Gasteiger partial charge in [-0.05, 0) is 47.5 Å². The van der Waals surface area contributed by atoms with E-state index >= 15 is 0 Å². The molecule has 3 aromatic carbocycles. The smallest absolute Gasteiger partial charge is 0.255 e. The summed E-state index contributed by atoms with van der Waals surface area (Å²) in [6.45, 7) is 0.382. The van der Waals surface area contributed by atoms with Gasteiger partial charge in [0, 0.05) is 28.6 Å². The fraction of sp³-hybridized carbons (Fsp3) is 0.130. The van der Waals surface area contributed by atoms with Gasteiger partial charge in [0.25, 0.3) is 5.91 Å². The number of hydrogen-bond acceptors (Lipinski definition) is 3. The Morgan fingerprint density at radius 2 is 1.62 bits per heavy atom. The SMILES string of the molecule is O=C(CSCc1ccc(Cl)cc1)NCc1cccc(C(=O)Nc2ccccc2)c1. The number of para-hydroxylation sites is 1. The lowest BCUT2D eigenvalue weighted by atomic mass is 10.1. The average molecular weight is 425 g/mol. The fourth-order valence-corrected chi connectivity index (χ4v) is 3.58. The van der Waals surface area contributed by atoms with Gasteiger partial charge in [0.2, 0.25) is 5.91 Å². The summed E-state index contributed by atoms with van der Waals surface area (Å²) in [4.78, 5) is 24.5. The van der Waals surface area contributed by atoms with Crippen LogP contribution in [0, 0.1) is 0 Å². The lowest BCUT2D eigenvalue weighted by Crippen LogP contribution is -2.24. The van der Waals surface area contributed by atoms with Gasteiger partial charge in [-0.1, -0.05) is 54.1 Å². The number of hydrogen-bond donors (Lipinski definition) is 2. The van der Waals surface area contributed by atoms with Crippen LogP contribution in [0.2, 0.25) is 5.02 Å². The molecule has 0 saturated carbocycles. The molecule has 4 nitrogen and oxygen atoms in total. The number of rotatable bonds is 8. The summed E-state index contributed by atoms with van der Waals surface area (Å²) in [6, 6.07) is 24.2. The Hall–Kier alpha value is -2.76. The minimum atomic E-state index is -0.178. The fourth-order valence-electron chi connectivity index (χ4n) is 2.64. The third kappa shape index (κ3) is 6.97. The average Bonchev–Trinajstić information content (AvgIpc) is 2.74. The van der Waals surface area contributed by atoms with Gasteiger partial charge in [-0.25, -0.2) is 0 Å². The molecular weight excluding hydrogens is 404 g/mol. The Kier molecular flexibility index (Phi) is 7.73. The van der Waals surface area contributed by atoms with Gasteiger partial charge < -0.3 is 10.6 Å². The number of halogens is 1. The monoisotopic (exact) mass is 424 g/mol. The van der Waals surface area contributed by atoms with Crippen LogP contribution in [0.5, 0.6) is 0 Å². The molecule has 29 heavy (non-hydrogen) atoms. The molecule has 0 saturated heterocycles. The third-order valence-corrected chi connectivity index (χ3v) is 5.38. The molecule has 0 atom stereocenters. The van der Waals surface area contributed by atoms with E-state index in [1.54, 1.807) is 23.9 Å². The lowest BCUT2D eigenvalue weighted by Gasteiger charge is -2.08. The number of nitrogens with one attached hydrogen (secondary N) is 2. The predicted octanol–water partition coefficient (Wildman–Crippen LogP) is 5.14. The molecule has 0 aromatic heterocycles. The minimum absolute atomic E-state index is 0.0388. The van der Waals surface area contributed by atoms with E-state index in [4.69, 9.17) is 11.6 Å². The van der Waals surface area contributed by atoms with E-state index in [1.165, 1.54) is 0 Å². The second-order valence-corrected chi connectivity index (χ2v) is 7.84. The van der Waals surface area contributed by atoms with Crippen molar-refractivity contribution in [1.29, 1.82) is 0 Å². The molecular formula is C23H21ClN2O2S. The molecule has 0 radical (unpaired) electrons. The molecule has 6 heteroatoms. The third-order valence-electron chi connectivity index (χ3n) is 4.13. The van der Waals surface area contributed by atoms with Gasteiger partial charge in [0.1, 0.15) is 0 Å². The van der Waals surface area contributed by atoms with E-state index in [0.29, 0.717) is 22.9 Å². The zero-order chi connectivity index (χ0) is 20.5. The molecule has 0 unspecified atom stereocenters. The molecule has 2 N–H and O–H groups in total. The summed E-state index contributed by atoms with van der Waals surface area (Å²) >= 11 is 7.42. The molecule has 3 rings (SSSR count). The summed E-state index contributed by atoms with van der Waals surface area (Å²) < 4.78 is 0. The first-order valence-electron chi connectivity index (χ1n) is 9.14. The summed E-state index contributed by atoms with van der Waals surface area (Å²) in [7, 11) is 0. The van der Waals surface area contributed by atoms with Crippen molar-refractivity contribution in [2.45, 2.75) is 12.3 Å². The Bertz CT molecular complexity index is 962. The zero-order valence-electron chi connectivity index (χ0n) is 15.7. The molecule has 0 bridgehead atoms. The Labute approximate surface area is 179 Å². The summed E-state index contributed by atoms with van der Waals surface area (Å²) in [5.41, 5.74) is 3.30. The topological polar surface area (TPSA) is 58.2 Å². The highest BCUT2D eigenvalue weighted by atomic mass is 35.5. The van der Waals surface area contributed by atoms with Gasteiger partial charge in [-0.15, -0.1) is 11.8 Å². The van der Waals surface area contributed by atoms with E-state index in [0.717, 1.165) is 22.6 Å². The van der Waals surface area contributed by atoms with E-state index < -0.39 is 0 Å². The Balaban J connectivity index is 1.45. The first kappa shape index (κ1) is 21.0. The number of benzene rings is 3. The molecule has 0 fully saturated rings. The van der Waals surface area contributed by atoms with Crippen LogP contribution in [0.1, 0.15) is 21.5 Å². The number of anilines is 1. The Morgan fingerprint density at radius 1 is 0.862 bits per heavy atom. The van der Waals surface area contributed by atoms with Gasteiger partial charge in [0.05, 0.1) is 5.75 Å². The van der Waals surface area contributed by atoms with Crippen molar-refractivity contribution < 1.29 is 9.59 Å². The van der Waals surface area contributed by atoms with Crippen LogP contribution in [-0.4, -0.2) is 17.6 Å². The zero-order valence-corrected chi connectivity index (χ0v) is 17.3. The van der Waals surface area contributed by atoms with Crippen molar-refractivity contribution in [2.24, 2.45) is 0 Å². The molecule has 3 aromatic rings. The van der Waals surface area contributed by atoms with E-state index in [1.807, 2.05) is 66.7 Å². The lowest BCUT2D eigenvalue weighted by molar-refractivity contribution is -0.118.